The van der Waals surface area contributed by atoms with Gasteiger partial charge in [0.15, 0.2) is 11.1 Å². The summed E-state index contributed by atoms with van der Waals surface area (Å²) in [4.78, 5) is 15.1. The number of amides is 1. The van der Waals surface area contributed by atoms with Gasteiger partial charge < -0.3 is 16.8 Å². The lowest BCUT2D eigenvalue weighted by Gasteiger charge is -2.22. The number of hydrogen-bond acceptors (Lipinski definition) is 3. The van der Waals surface area contributed by atoms with Crippen LogP contribution < -0.4 is 16.8 Å². The van der Waals surface area contributed by atoms with Gasteiger partial charge in [-0.2, -0.15) is 4.99 Å². The Labute approximate surface area is 105 Å². The highest BCUT2D eigenvalue weighted by molar-refractivity contribution is 8.14. The van der Waals surface area contributed by atoms with Crippen molar-refractivity contribution in [3.63, 3.8) is 0 Å². The van der Waals surface area contributed by atoms with E-state index in [1.54, 1.807) is 0 Å². The van der Waals surface area contributed by atoms with Crippen LogP contribution in [0.4, 0.5) is 0 Å². The van der Waals surface area contributed by atoms with Gasteiger partial charge in [0, 0.05) is 6.04 Å². The van der Waals surface area contributed by atoms with Crippen molar-refractivity contribution in [2.75, 3.05) is 5.75 Å². The number of amidine groups is 1. The highest BCUT2D eigenvalue weighted by atomic mass is 32.2. The maximum absolute atomic E-state index is 11.6. The highest BCUT2D eigenvalue weighted by Gasteiger charge is 2.15. The summed E-state index contributed by atoms with van der Waals surface area (Å²) in [7, 11) is 0. The van der Waals surface area contributed by atoms with Gasteiger partial charge in [0.05, 0.1) is 5.75 Å². The second kappa shape index (κ2) is 7.16. The van der Waals surface area contributed by atoms with Gasteiger partial charge in [-0.3, -0.25) is 10.2 Å². The van der Waals surface area contributed by atoms with Crippen LogP contribution in [-0.4, -0.2) is 28.8 Å². The molecular weight excluding hydrogens is 238 g/mol. The van der Waals surface area contributed by atoms with Crippen LogP contribution in [0.15, 0.2) is 4.99 Å². The summed E-state index contributed by atoms with van der Waals surface area (Å²) < 4.78 is 0. The predicted molar refractivity (Wildman–Crippen MR) is 71.0 cm³/mol. The number of hydrogen-bond donors (Lipinski definition) is 4. The fraction of sp³-hybridized carbons (Fsp3) is 0.700. The smallest absolute Gasteiger partial charge is 0.230 e. The quantitative estimate of drug-likeness (QED) is 0.431. The molecule has 1 amide bonds. The first-order chi connectivity index (χ1) is 8.08. The Bertz CT molecular complexity index is 308. The summed E-state index contributed by atoms with van der Waals surface area (Å²) in [6.07, 6.45) is 5.74. The van der Waals surface area contributed by atoms with Crippen LogP contribution >= 0.6 is 11.8 Å². The number of rotatable bonds is 3. The molecule has 0 radical (unpaired) electrons. The molecule has 0 aromatic carbocycles. The zero-order valence-electron chi connectivity index (χ0n) is 9.74. The Balaban J connectivity index is 2.20. The maximum atomic E-state index is 11.6. The minimum Gasteiger partial charge on any atom is -0.370 e. The van der Waals surface area contributed by atoms with Gasteiger partial charge in [-0.1, -0.05) is 31.0 Å². The first-order valence-electron chi connectivity index (χ1n) is 5.68. The van der Waals surface area contributed by atoms with E-state index in [0.717, 1.165) is 24.6 Å². The Morgan fingerprint density at radius 3 is 2.59 bits per heavy atom. The average Bonchev–Trinajstić information content (AvgIpc) is 2.27. The Morgan fingerprint density at radius 1 is 1.35 bits per heavy atom. The number of carbonyl (C=O) groups excluding carboxylic acids is 1. The molecule has 0 aliphatic heterocycles. The molecule has 17 heavy (non-hydrogen) atoms. The monoisotopic (exact) mass is 257 g/mol. The number of aliphatic imine (C=N–C) groups is 1. The van der Waals surface area contributed by atoms with Crippen molar-refractivity contribution in [1.82, 2.24) is 5.32 Å². The zero-order valence-corrected chi connectivity index (χ0v) is 10.6. The first kappa shape index (κ1) is 13.8. The topological polar surface area (TPSA) is 117 Å². The van der Waals surface area contributed by atoms with Crippen molar-refractivity contribution < 1.29 is 4.79 Å². The SMILES string of the molecule is N=C(N=C(N)N)SCC(=O)NC1CCCCC1. The third-order valence-electron chi connectivity index (χ3n) is 2.54. The first-order valence-corrected chi connectivity index (χ1v) is 6.67. The van der Waals surface area contributed by atoms with Crippen LogP contribution in [0.25, 0.3) is 0 Å². The van der Waals surface area contributed by atoms with Crippen LogP contribution in [0.3, 0.4) is 0 Å². The number of thioether (sulfide) groups is 1. The van der Waals surface area contributed by atoms with Gasteiger partial charge in [-0.05, 0) is 12.8 Å². The molecule has 0 aromatic heterocycles. The lowest BCUT2D eigenvalue weighted by atomic mass is 9.95. The molecule has 0 bridgehead atoms. The second-order valence-electron chi connectivity index (χ2n) is 4.03. The van der Waals surface area contributed by atoms with E-state index in [2.05, 4.69) is 10.3 Å². The number of guanidine groups is 1. The van der Waals surface area contributed by atoms with Crippen molar-refractivity contribution in [1.29, 1.82) is 5.41 Å². The Hall–Kier alpha value is -1.24. The van der Waals surface area contributed by atoms with E-state index in [-0.39, 0.29) is 22.8 Å². The summed E-state index contributed by atoms with van der Waals surface area (Å²) in [6, 6.07) is 0.300. The van der Waals surface area contributed by atoms with Gasteiger partial charge in [0.2, 0.25) is 5.91 Å². The summed E-state index contributed by atoms with van der Waals surface area (Å²) in [5.74, 6) is -0.0285. The third kappa shape index (κ3) is 6.15. The van der Waals surface area contributed by atoms with Gasteiger partial charge in [0.25, 0.3) is 0 Å². The van der Waals surface area contributed by atoms with Gasteiger partial charge in [-0.15, -0.1) is 0 Å². The molecule has 0 unspecified atom stereocenters. The van der Waals surface area contributed by atoms with Crippen molar-refractivity contribution in [3.8, 4) is 0 Å². The van der Waals surface area contributed by atoms with E-state index in [9.17, 15) is 4.79 Å². The van der Waals surface area contributed by atoms with E-state index >= 15 is 0 Å². The number of nitrogens with two attached hydrogens (primary N) is 2. The van der Waals surface area contributed by atoms with Crippen molar-refractivity contribution in [3.05, 3.63) is 0 Å². The van der Waals surface area contributed by atoms with Gasteiger partial charge in [-0.25, -0.2) is 0 Å². The summed E-state index contributed by atoms with van der Waals surface area (Å²) in [5.41, 5.74) is 10.2. The van der Waals surface area contributed by atoms with Crippen molar-refractivity contribution in [2.45, 2.75) is 38.1 Å². The van der Waals surface area contributed by atoms with Crippen LogP contribution in [0.5, 0.6) is 0 Å². The molecule has 0 saturated heterocycles. The lowest BCUT2D eigenvalue weighted by molar-refractivity contribution is -0.119. The predicted octanol–water partition coefficient (Wildman–Crippen LogP) is 0.377. The summed E-state index contributed by atoms with van der Waals surface area (Å²) in [6.45, 7) is 0. The van der Waals surface area contributed by atoms with E-state index in [0.29, 0.717) is 6.04 Å². The van der Waals surface area contributed by atoms with Crippen LogP contribution in [0.2, 0.25) is 0 Å². The molecule has 0 atom stereocenters. The maximum Gasteiger partial charge on any atom is 0.230 e. The fourth-order valence-corrected chi connectivity index (χ4v) is 2.32. The van der Waals surface area contributed by atoms with E-state index < -0.39 is 0 Å². The molecular formula is C10H19N5OS. The molecule has 7 heteroatoms. The highest BCUT2D eigenvalue weighted by Crippen LogP contribution is 2.17. The molecule has 6 nitrogen and oxygen atoms in total. The Kier molecular flexibility index (Phi) is 5.82. The minimum atomic E-state index is -0.157. The van der Waals surface area contributed by atoms with Gasteiger partial charge in [0.1, 0.15) is 0 Å². The molecule has 6 N–H and O–H groups in total. The molecule has 1 fully saturated rings. The summed E-state index contributed by atoms with van der Waals surface area (Å²) in [5, 5.41) is 10.3. The van der Waals surface area contributed by atoms with Gasteiger partial charge >= 0.3 is 0 Å². The molecule has 1 saturated carbocycles. The number of nitrogens with one attached hydrogen (secondary N) is 2. The number of carbonyl (C=O) groups is 1. The normalized spacial score (nSPS) is 16.2. The summed E-state index contributed by atoms with van der Waals surface area (Å²) >= 11 is 1.03. The van der Waals surface area contributed by atoms with E-state index in [4.69, 9.17) is 16.9 Å². The standard InChI is InChI=1S/C10H19N5OS/c11-9(12)15-10(13)17-6-8(16)14-7-4-2-1-3-5-7/h7H,1-6H2,(H,14,16)(H5,11,12,13,15). The minimum absolute atomic E-state index is 0.0382. The largest absolute Gasteiger partial charge is 0.370 e. The number of nitrogens with zero attached hydrogens (tertiary/aromatic N) is 1. The molecule has 96 valence electrons. The average molecular weight is 257 g/mol. The molecule has 1 rings (SSSR count). The van der Waals surface area contributed by atoms with Crippen molar-refractivity contribution >= 4 is 28.8 Å². The molecule has 1 aliphatic rings. The van der Waals surface area contributed by atoms with E-state index in [1.807, 2.05) is 0 Å². The lowest BCUT2D eigenvalue weighted by Crippen LogP contribution is -2.37. The van der Waals surface area contributed by atoms with Crippen LogP contribution in [-0.2, 0) is 4.79 Å². The zero-order chi connectivity index (χ0) is 12.7. The second-order valence-corrected chi connectivity index (χ2v) is 5.00. The molecule has 0 heterocycles. The van der Waals surface area contributed by atoms with Crippen LogP contribution in [0.1, 0.15) is 32.1 Å². The van der Waals surface area contributed by atoms with E-state index in [1.165, 1.54) is 19.3 Å². The molecule has 0 spiro atoms. The van der Waals surface area contributed by atoms with Crippen molar-refractivity contribution in [2.24, 2.45) is 16.5 Å². The molecule has 1 aliphatic carbocycles. The molecule has 0 aromatic rings. The fourth-order valence-electron chi connectivity index (χ4n) is 1.80. The third-order valence-corrected chi connectivity index (χ3v) is 3.31. The van der Waals surface area contributed by atoms with Crippen LogP contribution in [0, 0.1) is 5.41 Å². The Morgan fingerprint density at radius 2 is 2.00 bits per heavy atom.